The molecule has 1 aromatic carbocycles. The fourth-order valence-electron chi connectivity index (χ4n) is 4.22. The molecule has 2 rings (SSSR count). The van der Waals surface area contributed by atoms with E-state index in [1.165, 1.54) is 5.56 Å². The van der Waals surface area contributed by atoms with Gasteiger partial charge in [0.05, 0.1) is 30.8 Å². The van der Waals surface area contributed by atoms with Gasteiger partial charge in [-0.25, -0.2) is 0 Å². The van der Waals surface area contributed by atoms with Gasteiger partial charge in [-0.2, -0.15) is 0 Å². The predicted molar refractivity (Wildman–Crippen MR) is 120 cm³/mol. The van der Waals surface area contributed by atoms with Gasteiger partial charge in [-0.3, -0.25) is 9.59 Å². The first-order chi connectivity index (χ1) is 14.8. The van der Waals surface area contributed by atoms with Crippen LogP contribution in [0.25, 0.3) is 0 Å². The van der Waals surface area contributed by atoms with Crippen molar-refractivity contribution in [2.45, 2.75) is 95.8 Å². The molecule has 1 heterocycles. The van der Waals surface area contributed by atoms with Crippen LogP contribution in [0.1, 0.15) is 77.2 Å². The lowest BCUT2D eigenvalue weighted by molar-refractivity contribution is -0.143. The quantitative estimate of drug-likeness (QED) is 0.346. The number of hydrogen-bond acceptors (Lipinski definition) is 5. The number of likely N-dealkylation sites (tertiary alicyclic amines) is 1. The van der Waals surface area contributed by atoms with Crippen molar-refractivity contribution in [3.63, 3.8) is 0 Å². The Morgan fingerprint density at radius 3 is 2.58 bits per heavy atom. The van der Waals surface area contributed by atoms with E-state index < -0.39 is 11.7 Å². The molecule has 0 spiro atoms. The number of aryl methyl sites for hydroxylation is 1. The van der Waals surface area contributed by atoms with E-state index in [4.69, 9.17) is 4.74 Å². The number of rotatable bonds is 14. The molecule has 3 unspecified atom stereocenters. The van der Waals surface area contributed by atoms with E-state index in [0.717, 1.165) is 38.5 Å². The molecular formula is C25H39NO5. The van der Waals surface area contributed by atoms with E-state index in [1.807, 2.05) is 25.1 Å². The van der Waals surface area contributed by atoms with Crippen LogP contribution < -0.4 is 0 Å². The van der Waals surface area contributed by atoms with Gasteiger partial charge in [0.2, 0.25) is 5.91 Å². The Labute approximate surface area is 186 Å². The van der Waals surface area contributed by atoms with Gasteiger partial charge in [0.15, 0.2) is 0 Å². The monoisotopic (exact) mass is 433 g/mol. The molecule has 31 heavy (non-hydrogen) atoms. The zero-order valence-electron chi connectivity index (χ0n) is 19.1. The third-order valence-corrected chi connectivity index (χ3v) is 6.17. The maximum Gasteiger partial charge on any atom is 0.305 e. The normalized spacial score (nSPS) is 20.6. The number of carbonyl (C=O) groups is 2. The van der Waals surface area contributed by atoms with Crippen molar-refractivity contribution in [3.8, 4) is 0 Å². The fraction of sp³-hybridized carbons (Fsp3) is 0.680. The van der Waals surface area contributed by atoms with Crippen LogP contribution in [-0.4, -0.2) is 57.9 Å². The number of amides is 1. The summed E-state index contributed by atoms with van der Waals surface area (Å²) in [4.78, 5) is 25.5. The van der Waals surface area contributed by atoms with Gasteiger partial charge >= 0.3 is 5.97 Å². The van der Waals surface area contributed by atoms with Crippen molar-refractivity contribution in [2.24, 2.45) is 0 Å². The molecule has 1 aromatic rings. The fourth-order valence-corrected chi connectivity index (χ4v) is 4.22. The van der Waals surface area contributed by atoms with Gasteiger partial charge < -0.3 is 19.8 Å². The van der Waals surface area contributed by atoms with Crippen molar-refractivity contribution >= 4 is 11.9 Å². The SMILES string of the molecule is CCOC(=O)CCCCCCC1C(O)CC(=O)N1CCC(C)(O)CCc1ccccc1. The average molecular weight is 434 g/mol. The Bertz CT molecular complexity index is 676. The number of carbonyl (C=O) groups excluding carboxylic acids is 2. The van der Waals surface area contributed by atoms with Gasteiger partial charge in [-0.05, 0) is 51.5 Å². The van der Waals surface area contributed by atoms with E-state index in [0.29, 0.717) is 32.4 Å². The number of nitrogens with zero attached hydrogens (tertiary/aromatic N) is 1. The molecule has 1 aliphatic rings. The smallest absolute Gasteiger partial charge is 0.305 e. The standard InChI is InChI=1S/C25H39NO5/c1-3-31-24(29)14-10-5-4-9-13-21-22(27)19-23(28)26(21)18-17-25(2,30)16-15-20-11-7-6-8-12-20/h6-8,11-12,21-22,27,30H,3-5,9-10,13-19H2,1-2H3. The second-order valence-electron chi connectivity index (χ2n) is 8.92. The maximum atomic E-state index is 12.4. The van der Waals surface area contributed by atoms with Crippen molar-refractivity contribution in [2.75, 3.05) is 13.2 Å². The van der Waals surface area contributed by atoms with Gasteiger partial charge in [0.1, 0.15) is 0 Å². The molecule has 2 N–H and O–H groups in total. The number of aliphatic hydroxyl groups excluding tert-OH is 1. The third kappa shape index (κ3) is 8.99. The van der Waals surface area contributed by atoms with Crippen molar-refractivity contribution in [1.82, 2.24) is 4.90 Å². The Kier molecular flexibility index (Phi) is 10.5. The summed E-state index contributed by atoms with van der Waals surface area (Å²) >= 11 is 0. The van der Waals surface area contributed by atoms with Gasteiger partial charge in [-0.1, -0.05) is 49.6 Å². The second kappa shape index (κ2) is 12.8. The van der Waals surface area contributed by atoms with Crippen LogP contribution in [0.3, 0.4) is 0 Å². The van der Waals surface area contributed by atoms with Crippen LogP contribution in [0.5, 0.6) is 0 Å². The van der Waals surface area contributed by atoms with E-state index in [1.54, 1.807) is 11.8 Å². The Morgan fingerprint density at radius 1 is 1.16 bits per heavy atom. The number of ether oxygens (including phenoxy) is 1. The number of hydrogen-bond donors (Lipinski definition) is 2. The lowest BCUT2D eigenvalue weighted by Crippen LogP contribution is -2.40. The summed E-state index contributed by atoms with van der Waals surface area (Å²) in [6.07, 6.45) is 6.24. The molecule has 0 saturated carbocycles. The minimum Gasteiger partial charge on any atom is -0.466 e. The summed E-state index contributed by atoms with van der Waals surface area (Å²) in [5.41, 5.74) is 0.331. The molecule has 6 nitrogen and oxygen atoms in total. The summed E-state index contributed by atoms with van der Waals surface area (Å²) < 4.78 is 4.93. The molecule has 0 aromatic heterocycles. The van der Waals surface area contributed by atoms with Gasteiger partial charge in [0, 0.05) is 13.0 Å². The molecule has 174 valence electrons. The molecule has 1 aliphatic heterocycles. The first-order valence-electron chi connectivity index (χ1n) is 11.7. The number of unbranched alkanes of at least 4 members (excludes halogenated alkanes) is 3. The Morgan fingerprint density at radius 2 is 1.87 bits per heavy atom. The van der Waals surface area contributed by atoms with Crippen LogP contribution >= 0.6 is 0 Å². The summed E-state index contributed by atoms with van der Waals surface area (Å²) in [5.74, 6) is -0.177. The van der Waals surface area contributed by atoms with Gasteiger partial charge in [-0.15, -0.1) is 0 Å². The molecule has 6 heteroatoms. The highest BCUT2D eigenvalue weighted by Gasteiger charge is 2.38. The topological polar surface area (TPSA) is 87.1 Å². The molecule has 0 bridgehead atoms. The van der Waals surface area contributed by atoms with Crippen LogP contribution in [0.4, 0.5) is 0 Å². The van der Waals surface area contributed by atoms with Crippen LogP contribution in [0.2, 0.25) is 0 Å². The number of esters is 1. The zero-order valence-corrected chi connectivity index (χ0v) is 19.1. The minimum atomic E-state index is -0.860. The number of benzene rings is 1. The van der Waals surface area contributed by atoms with E-state index in [2.05, 4.69) is 12.1 Å². The molecule has 0 radical (unpaired) electrons. The summed E-state index contributed by atoms with van der Waals surface area (Å²) in [6.45, 7) is 4.51. The minimum absolute atomic E-state index is 0.0290. The van der Waals surface area contributed by atoms with Gasteiger partial charge in [0.25, 0.3) is 0 Å². The lowest BCUT2D eigenvalue weighted by Gasteiger charge is -2.30. The lowest BCUT2D eigenvalue weighted by atomic mass is 9.93. The van der Waals surface area contributed by atoms with Crippen LogP contribution in [0.15, 0.2) is 30.3 Å². The highest BCUT2D eigenvalue weighted by atomic mass is 16.5. The highest BCUT2D eigenvalue weighted by Crippen LogP contribution is 2.27. The predicted octanol–water partition coefficient (Wildman–Crippen LogP) is 3.63. The van der Waals surface area contributed by atoms with E-state index in [-0.39, 0.29) is 24.3 Å². The van der Waals surface area contributed by atoms with Crippen LogP contribution in [-0.2, 0) is 20.7 Å². The molecule has 0 aliphatic carbocycles. The summed E-state index contributed by atoms with van der Waals surface area (Å²) in [5, 5.41) is 21.2. The summed E-state index contributed by atoms with van der Waals surface area (Å²) in [7, 11) is 0. The van der Waals surface area contributed by atoms with E-state index in [9.17, 15) is 19.8 Å². The van der Waals surface area contributed by atoms with Crippen molar-refractivity contribution in [1.29, 1.82) is 0 Å². The molecule has 1 fully saturated rings. The first kappa shape index (κ1) is 25.3. The van der Waals surface area contributed by atoms with Crippen molar-refractivity contribution < 1.29 is 24.5 Å². The number of aliphatic hydroxyl groups is 2. The summed E-state index contributed by atoms with van der Waals surface area (Å²) in [6, 6.07) is 9.90. The molecule has 1 saturated heterocycles. The van der Waals surface area contributed by atoms with Crippen LogP contribution in [0, 0.1) is 0 Å². The largest absolute Gasteiger partial charge is 0.466 e. The average Bonchev–Trinajstić information content (AvgIpc) is 3.01. The van der Waals surface area contributed by atoms with E-state index >= 15 is 0 Å². The molecular weight excluding hydrogens is 394 g/mol. The molecule has 3 atom stereocenters. The zero-order chi connectivity index (χ0) is 22.7. The second-order valence-corrected chi connectivity index (χ2v) is 8.92. The Hall–Kier alpha value is -1.92. The highest BCUT2D eigenvalue weighted by molar-refractivity contribution is 5.79. The Balaban J connectivity index is 1.73. The third-order valence-electron chi connectivity index (χ3n) is 6.17. The maximum absolute atomic E-state index is 12.4. The van der Waals surface area contributed by atoms with Crippen molar-refractivity contribution in [3.05, 3.63) is 35.9 Å². The molecule has 1 amide bonds. The first-order valence-corrected chi connectivity index (χ1v) is 11.7.